The number of rotatable bonds is 6. The van der Waals surface area contributed by atoms with Gasteiger partial charge in [-0.1, -0.05) is 33.6 Å². The first-order chi connectivity index (χ1) is 8.70. The fourth-order valence-corrected chi connectivity index (χ4v) is 2.88. The zero-order chi connectivity index (χ0) is 13.0. The molecular weight excluding hydrogens is 319 g/mol. The van der Waals surface area contributed by atoms with Crippen molar-refractivity contribution in [3.8, 4) is 5.75 Å². The van der Waals surface area contributed by atoms with Gasteiger partial charge in [-0.05, 0) is 18.2 Å². The minimum Gasteiger partial charge on any atom is -0.488 e. The Morgan fingerprint density at radius 3 is 2.89 bits per heavy atom. The molecule has 18 heavy (non-hydrogen) atoms. The Kier molecular flexibility index (Phi) is 5.30. The molecule has 1 aromatic carbocycles. The summed E-state index contributed by atoms with van der Waals surface area (Å²) in [5.41, 5.74) is 0. The molecule has 3 unspecified atom stereocenters. The van der Waals surface area contributed by atoms with Crippen molar-refractivity contribution in [2.45, 2.75) is 23.5 Å². The van der Waals surface area contributed by atoms with E-state index in [0.29, 0.717) is 23.1 Å². The van der Waals surface area contributed by atoms with Gasteiger partial charge in [0.15, 0.2) is 0 Å². The van der Waals surface area contributed by atoms with E-state index in [9.17, 15) is 0 Å². The van der Waals surface area contributed by atoms with Gasteiger partial charge in [-0.2, -0.15) is 0 Å². The van der Waals surface area contributed by atoms with Crippen molar-refractivity contribution in [1.82, 2.24) is 0 Å². The van der Waals surface area contributed by atoms with Crippen molar-refractivity contribution in [2.75, 3.05) is 20.3 Å². The van der Waals surface area contributed by atoms with E-state index in [1.807, 2.05) is 24.3 Å². The predicted octanol–water partition coefficient (Wildman–Crippen LogP) is 3.29. The van der Waals surface area contributed by atoms with Crippen molar-refractivity contribution in [2.24, 2.45) is 0 Å². The summed E-state index contributed by atoms with van der Waals surface area (Å²) in [5, 5.41) is 0.680. The van der Waals surface area contributed by atoms with Crippen LogP contribution in [0.15, 0.2) is 24.3 Å². The van der Waals surface area contributed by atoms with Crippen molar-refractivity contribution in [1.29, 1.82) is 0 Å². The van der Waals surface area contributed by atoms with E-state index < -0.39 is 0 Å². The van der Waals surface area contributed by atoms with Gasteiger partial charge in [0, 0.05) is 23.4 Å². The molecule has 3 atom stereocenters. The van der Waals surface area contributed by atoms with Crippen LogP contribution in [-0.2, 0) is 9.47 Å². The van der Waals surface area contributed by atoms with E-state index in [1.165, 1.54) is 0 Å². The van der Waals surface area contributed by atoms with E-state index in [-0.39, 0.29) is 12.2 Å². The van der Waals surface area contributed by atoms with Gasteiger partial charge in [-0.25, -0.2) is 0 Å². The molecule has 0 aliphatic heterocycles. The Bertz CT molecular complexity index is 388. The maximum Gasteiger partial charge on any atom is 0.127 e. The number of hydrogen-bond donors (Lipinski definition) is 0. The first-order valence-electron chi connectivity index (χ1n) is 5.87. The molecule has 0 spiro atoms. The fourth-order valence-electron chi connectivity index (χ4n) is 1.84. The van der Waals surface area contributed by atoms with Crippen LogP contribution < -0.4 is 4.74 Å². The average molecular weight is 336 g/mol. The summed E-state index contributed by atoms with van der Waals surface area (Å²) in [7, 11) is 1.66. The van der Waals surface area contributed by atoms with Gasteiger partial charge >= 0.3 is 0 Å². The minimum absolute atomic E-state index is 0.0686. The monoisotopic (exact) mass is 334 g/mol. The molecule has 1 saturated carbocycles. The fraction of sp³-hybridized carbons (Fsp3) is 0.538. The lowest BCUT2D eigenvalue weighted by atomic mass is 9.91. The van der Waals surface area contributed by atoms with Gasteiger partial charge in [0.1, 0.15) is 18.0 Å². The molecule has 1 fully saturated rings. The van der Waals surface area contributed by atoms with Crippen LogP contribution >= 0.6 is 27.5 Å². The minimum atomic E-state index is 0.0686. The number of halogens is 2. The van der Waals surface area contributed by atoms with Crippen molar-refractivity contribution in [3.05, 3.63) is 29.3 Å². The SMILES string of the molecule is COCCOC1C(Br)CC1Oc1cccc(Cl)c1. The molecule has 100 valence electrons. The largest absolute Gasteiger partial charge is 0.488 e. The molecular formula is C13H16BrClO3. The highest BCUT2D eigenvalue weighted by atomic mass is 79.9. The highest BCUT2D eigenvalue weighted by molar-refractivity contribution is 9.09. The second-order valence-corrected chi connectivity index (χ2v) is 5.81. The van der Waals surface area contributed by atoms with E-state index in [4.69, 9.17) is 25.8 Å². The zero-order valence-corrected chi connectivity index (χ0v) is 12.5. The van der Waals surface area contributed by atoms with Crippen LogP contribution in [0.4, 0.5) is 0 Å². The lowest BCUT2D eigenvalue weighted by molar-refractivity contribution is -0.0865. The average Bonchev–Trinajstić information content (AvgIpc) is 2.34. The number of hydrogen-bond acceptors (Lipinski definition) is 3. The Balaban J connectivity index is 1.85. The van der Waals surface area contributed by atoms with E-state index >= 15 is 0 Å². The molecule has 1 aliphatic rings. The van der Waals surface area contributed by atoms with Crippen molar-refractivity contribution in [3.63, 3.8) is 0 Å². The van der Waals surface area contributed by atoms with Gasteiger partial charge in [-0.15, -0.1) is 0 Å². The quantitative estimate of drug-likeness (QED) is 0.590. The van der Waals surface area contributed by atoms with Gasteiger partial charge in [-0.3, -0.25) is 0 Å². The van der Waals surface area contributed by atoms with Crippen LogP contribution in [0.2, 0.25) is 5.02 Å². The molecule has 1 aliphatic carbocycles. The highest BCUT2D eigenvalue weighted by Gasteiger charge is 2.42. The summed E-state index contributed by atoms with van der Waals surface area (Å²) < 4.78 is 16.5. The second-order valence-electron chi connectivity index (χ2n) is 4.19. The first-order valence-corrected chi connectivity index (χ1v) is 7.17. The zero-order valence-electron chi connectivity index (χ0n) is 10.1. The van der Waals surface area contributed by atoms with E-state index in [0.717, 1.165) is 12.2 Å². The summed E-state index contributed by atoms with van der Waals surface area (Å²) >= 11 is 9.49. The molecule has 5 heteroatoms. The van der Waals surface area contributed by atoms with Crippen molar-refractivity contribution < 1.29 is 14.2 Å². The topological polar surface area (TPSA) is 27.7 Å². The maximum atomic E-state index is 5.92. The Morgan fingerprint density at radius 1 is 1.39 bits per heavy atom. The third kappa shape index (κ3) is 3.60. The Labute approximate surface area is 120 Å². The highest BCUT2D eigenvalue weighted by Crippen LogP contribution is 2.34. The molecule has 0 aromatic heterocycles. The standard InChI is InChI=1S/C13H16BrClO3/c1-16-5-6-17-13-11(14)8-12(13)18-10-4-2-3-9(15)7-10/h2-4,7,11-13H,5-6,8H2,1H3. The summed E-state index contributed by atoms with van der Waals surface area (Å²) in [6.07, 6.45) is 1.08. The molecule has 2 rings (SSSR count). The first kappa shape index (κ1) is 14.1. The van der Waals surface area contributed by atoms with Crippen LogP contribution in [-0.4, -0.2) is 37.4 Å². The summed E-state index contributed by atoms with van der Waals surface area (Å²) in [6.45, 7) is 1.18. The second kappa shape index (κ2) is 6.75. The number of methoxy groups -OCH3 is 1. The molecule has 1 aromatic rings. The molecule has 0 saturated heterocycles. The normalized spacial score (nSPS) is 26.7. The van der Waals surface area contributed by atoms with Crippen molar-refractivity contribution >= 4 is 27.5 Å². The number of ether oxygens (including phenoxy) is 3. The van der Waals surface area contributed by atoms with Gasteiger partial charge in [0.2, 0.25) is 0 Å². The Morgan fingerprint density at radius 2 is 2.22 bits per heavy atom. The molecule has 0 radical (unpaired) electrons. The molecule has 0 amide bonds. The van der Waals surface area contributed by atoms with Gasteiger partial charge in [0.05, 0.1) is 13.2 Å². The van der Waals surface area contributed by atoms with Gasteiger partial charge in [0.25, 0.3) is 0 Å². The molecule has 0 heterocycles. The summed E-state index contributed by atoms with van der Waals surface area (Å²) in [6, 6.07) is 7.42. The lowest BCUT2D eigenvalue weighted by Crippen LogP contribution is -2.52. The summed E-state index contributed by atoms with van der Waals surface area (Å²) in [5.74, 6) is 0.784. The van der Waals surface area contributed by atoms with Crippen LogP contribution in [0, 0.1) is 0 Å². The molecule has 0 bridgehead atoms. The Hall–Kier alpha value is -0.290. The van der Waals surface area contributed by atoms with E-state index in [1.54, 1.807) is 7.11 Å². The number of benzene rings is 1. The molecule has 0 N–H and O–H groups in total. The van der Waals surface area contributed by atoms with Gasteiger partial charge < -0.3 is 14.2 Å². The summed E-state index contributed by atoms with van der Waals surface area (Å²) in [4.78, 5) is 0.346. The van der Waals surface area contributed by atoms with Crippen LogP contribution in [0.5, 0.6) is 5.75 Å². The third-order valence-electron chi connectivity index (χ3n) is 2.86. The lowest BCUT2D eigenvalue weighted by Gasteiger charge is -2.40. The van der Waals surface area contributed by atoms with Crippen LogP contribution in [0.25, 0.3) is 0 Å². The maximum absolute atomic E-state index is 5.92. The van der Waals surface area contributed by atoms with E-state index in [2.05, 4.69) is 15.9 Å². The van der Waals surface area contributed by atoms with Crippen LogP contribution in [0.3, 0.4) is 0 Å². The smallest absolute Gasteiger partial charge is 0.127 e. The third-order valence-corrected chi connectivity index (χ3v) is 3.99. The number of alkyl halides is 1. The predicted molar refractivity (Wildman–Crippen MR) is 74.8 cm³/mol. The molecule has 3 nitrogen and oxygen atoms in total. The van der Waals surface area contributed by atoms with Crippen LogP contribution in [0.1, 0.15) is 6.42 Å².